The quantitative estimate of drug-likeness (QED) is 0.326. The van der Waals surface area contributed by atoms with E-state index in [0.29, 0.717) is 5.56 Å². The molecular weight excluding hydrogens is 410 g/mol. The molecule has 0 saturated heterocycles. The number of carbonyl (C=O) groups is 2. The minimum atomic E-state index is -1.64. The zero-order valence-electron chi connectivity index (χ0n) is 15.7. The first-order valence-electron chi connectivity index (χ1n) is 8.68. The summed E-state index contributed by atoms with van der Waals surface area (Å²) in [5, 5.41) is 29.9. The lowest BCUT2D eigenvalue weighted by molar-refractivity contribution is -0.384. The Morgan fingerprint density at radius 2 is 1.65 bits per heavy atom. The third kappa shape index (κ3) is 4.19. The van der Waals surface area contributed by atoms with Crippen molar-refractivity contribution in [1.82, 2.24) is 4.98 Å². The molecular formula is C20H15N3O8. The van der Waals surface area contributed by atoms with E-state index in [-0.39, 0.29) is 29.2 Å². The van der Waals surface area contributed by atoms with E-state index >= 15 is 0 Å². The maximum atomic E-state index is 12.2. The molecule has 2 aromatic carbocycles. The number of nitro benzene ring substituents is 1. The minimum absolute atomic E-state index is 0.0389. The molecule has 3 rings (SSSR count). The van der Waals surface area contributed by atoms with E-state index in [9.17, 15) is 34.7 Å². The number of para-hydroxylation sites is 1. The number of nitrogens with zero attached hydrogens (tertiary/aromatic N) is 1. The number of carboxylic acid groups (broad SMARTS) is 2. The van der Waals surface area contributed by atoms with Gasteiger partial charge in [-0.2, -0.15) is 0 Å². The smallest absolute Gasteiger partial charge is 0.342 e. The number of nitrogens with one attached hydrogen (secondary N) is 1. The van der Waals surface area contributed by atoms with Crippen LogP contribution in [0.25, 0.3) is 11.1 Å². The number of H-pyrrole nitrogens is 1. The first-order valence-corrected chi connectivity index (χ1v) is 8.68. The molecule has 0 fully saturated rings. The highest BCUT2D eigenvalue weighted by Crippen LogP contribution is 2.36. The van der Waals surface area contributed by atoms with Crippen LogP contribution >= 0.6 is 0 Å². The summed E-state index contributed by atoms with van der Waals surface area (Å²) in [5.41, 5.74) is 3.35. The van der Waals surface area contributed by atoms with Crippen LogP contribution in [0.3, 0.4) is 0 Å². The first kappa shape index (κ1) is 21.0. The van der Waals surface area contributed by atoms with Gasteiger partial charge in [0.15, 0.2) is 0 Å². The Bertz CT molecular complexity index is 1250. The van der Waals surface area contributed by atoms with Crippen molar-refractivity contribution in [2.75, 3.05) is 5.73 Å². The molecule has 5 N–H and O–H groups in total. The average Bonchev–Trinajstić information content (AvgIpc) is 2.71. The molecule has 0 amide bonds. The van der Waals surface area contributed by atoms with Gasteiger partial charge in [0.05, 0.1) is 4.92 Å². The van der Waals surface area contributed by atoms with Gasteiger partial charge in [-0.3, -0.25) is 14.9 Å². The van der Waals surface area contributed by atoms with E-state index in [1.165, 1.54) is 42.5 Å². The van der Waals surface area contributed by atoms with Crippen molar-refractivity contribution >= 4 is 23.4 Å². The molecule has 1 heterocycles. The summed E-state index contributed by atoms with van der Waals surface area (Å²) >= 11 is 0. The zero-order chi connectivity index (χ0) is 22.7. The van der Waals surface area contributed by atoms with E-state index in [4.69, 9.17) is 10.5 Å². The molecule has 0 bridgehead atoms. The van der Waals surface area contributed by atoms with Crippen molar-refractivity contribution in [2.24, 2.45) is 0 Å². The maximum absolute atomic E-state index is 12.2. The molecule has 3 aromatic rings. The van der Waals surface area contributed by atoms with Crippen molar-refractivity contribution in [1.29, 1.82) is 0 Å². The summed E-state index contributed by atoms with van der Waals surface area (Å²) in [5.74, 6) is -3.57. The second-order valence-electron chi connectivity index (χ2n) is 6.31. The van der Waals surface area contributed by atoms with Gasteiger partial charge >= 0.3 is 11.9 Å². The van der Waals surface area contributed by atoms with Crippen LogP contribution in [0.15, 0.2) is 53.3 Å². The number of ether oxygens (including phenoxy) is 1. The molecule has 158 valence electrons. The van der Waals surface area contributed by atoms with Crippen LogP contribution in [0.5, 0.6) is 5.75 Å². The SMILES string of the molecule is Nc1[nH]c(=O)c(C(=O)O)c(-c2ccccc2OCc2ccc([N+](=O)[O-])cc2)c1C(=O)O. The number of benzene rings is 2. The van der Waals surface area contributed by atoms with Gasteiger partial charge in [-0.25, -0.2) is 9.59 Å². The summed E-state index contributed by atoms with van der Waals surface area (Å²) in [6.45, 7) is -0.0571. The summed E-state index contributed by atoms with van der Waals surface area (Å²) in [4.78, 5) is 48.0. The van der Waals surface area contributed by atoms with E-state index < -0.39 is 39.4 Å². The highest BCUT2D eigenvalue weighted by molar-refractivity contribution is 6.08. The predicted octanol–water partition coefficient (Wildman–Crippen LogP) is 2.51. The number of nitro groups is 1. The summed E-state index contributed by atoms with van der Waals surface area (Å²) in [6.07, 6.45) is 0. The monoisotopic (exact) mass is 425 g/mol. The number of rotatable bonds is 7. The molecule has 0 aliphatic heterocycles. The fourth-order valence-corrected chi connectivity index (χ4v) is 2.99. The molecule has 0 saturated carbocycles. The highest BCUT2D eigenvalue weighted by atomic mass is 16.6. The van der Waals surface area contributed by atoms with Gasteiger partial charge in [-0.15, -0.1) is 0 Å². The Balaban J connectivity index is 2.10. The molecule has 0 aliphatic carbocycles. The number of nitrogens with two attached hydrogens (primary N) is 1. The Hall–Kier alpha value is -4.67. The Labute approximate surface area is 173 Å². The fourth-order valence-electron chi connectivity index (χ4n) is 2.99. The van der Waals surface area contributed by atoms with Gasteiger partial charge in [0.1, 0.15) is 29.3 Å². The van der Waals surface area contributed by atoms with Gasteiger partial charge in [0.2, 0.25) is 0 Å². The minimum Gasteiger partial charge on any atom is -0.488 e. The molecule has 11 nitrogen and oxygen atoms in total. The van der Waals surface area contributed by atoms with Crippen LogP contribution in [-0.2, 0) is 6.61 Å². The third-order valence-electron chi connectivity index (χ3n) is 4.37. The van der Waals surface area contributed by atoms with Crippen LogP contribution in [0, 0.1) is 10.1 Å². The normalized spacial score (nSPS) is 10.5. The summed E-state index contributed by atoms with van der Waals surface area (Å²) in [6, 6.07) is 11.5. The number of nitrogen functional groups attached to an aromatic ring is 1. The van der Waals surface area contributed by atoms with Gasteiger partial charge < -0.3 is 25.7 Å². The highest BCUT2D eigenvalue weighted by Gasteiger charge is 2.28. The van der Waals surface area contributed by atoms with Crippen LogP contribution in [0.1, 0.15) is 26.3 Å². The topological polar surface area (TPSA) is 186 Å². The second kappa shape index (κ2) is 8.37. The molecule has 31 heavy (non-hydrogen) atoms. The maximum Gasteiger partial charge on any atom is 0.342 e. The number of anilines is 1. The lowest BCUT2D eigenvalue weighted by Crippen LogP contribution is -2.24. The number of non-ortho nitro benzene ring substituents is 1. The largest absolute Gasteiger partial charge is 0.488 e. The number of aromatic nitrogens is 1. The van der Waals surface area contributed by atoms with Crippen molar-refractivity contribution in [2.45, 2.75) is 6.61 Å². The standard InChI is InChI=1S/C20H15N3O8/c21-17-15(19(25)26)14(16(20(27)28)18(24)22-17)12-3-1-2-4-13(12)31-9-10-5-7-11(8-6-10)23(29)30/h1-8H,9H2,(H,25,26)(H,27,28)(H3,21,22,24). The molecule has 0 aliphatic rings. The van der Waals surface area contributed by atoms with Crippen molar-refractivity contribution in [3.8, 4) is 16.9 Å². The van der Waals surface area contributed by atoms with Crippen LogP contribution in [-0.4, -0.2) is 32.1 Å². The second-order valence-corrected chi connectivity index (χ2v) is 6.31. The zero-order valence-corrected chi connectivity index (χ0v) is 15.7. The van der Waals surface area contributed by atoms with E-state index in [1.807, 2.05) is 4.98 Å². The number of hydrogen-bond acceptors (Lipinski definition) is 7. The summed E-state index contributed by atoms with van der Waals surface area (Å²) < 4.78 is 5.72. The Morgan fingerprint density at radius 3 is 2.23 bits per heavy atom. The van der Waals surface area contributed by atoms with Gasteiger partial charge in [-0.05, 0) is 23.8 Å². The Kier molecular flexibility index (Phi) is 5.68. The molecule has 0 spiro atoms. The van der Waals surface area contributed by atoms with Crippen molar-refractivity contribution in [3.63, 3.8) is 0 Å². The molecule has 0 atom stereocenters. The van der Waals surface area contributed by atoms with E-state index in [1.54, 1.807) is 6.07 Å². The fraction of sp³-hybridized carbons (Fsp3) is 0.0500. The number of hydrogen-bond donors (Lipinski definition) is 4. The molecule has 1 aromatic heterocycles. The first-order chi connectivity index (χ1) is 14.7. The van der Waals surface area contributed by atoms with Crippen LogP contribution in [0.4, 0.5) is 11.5 Å². The molecule has 11 heteroatoms. The lowest BCUT2D eigenvalue weighted by Gasteiger charge is -2.16. The predicted molar refractivity (Wildman–Crippen MR) is 108 cm³/mol. The van der Waals surface area contributed by atoms with Gasteiger partial charge in [-0.1, -0.05) is 18.2 Å². The number of aromatic amines is 1. The van der Waals surface area contributed by atoms with Crippen LogP contribution in [0.2, 0.25) is 0 Å². The number of carboxylic acids is 2. The van der Waals surface area contributed by atoms with E-state index in [0.717, 1.165) is 0 Å². The molecule has 0 unspecified atom stereocenters. The number of pyridine rings is 1. The van der Waals surface area contributed by atoms with Gasteiger partial charge in [0, 0.05) is 23.3 Å². The van der Waals surface area contributed by atoms with Crippen molar-refractivity contribution < 1.29 is 29.5 Å². The number of aromatic carboxylic acids is 2. The lowest BCUT2D eigenvalue weighted by atomic mass is 9.94. The third-order valence-corrected chi connectivity index (χ3v) is 4.37. The molecule has 0 radical (unpaired) electrons. The average molecular weight is 425 g/mol. The Morgan fingerprint density at radius 1 is 1.03 bits per heavy atom. The van der Waals surface area contributed by atoms with Crippen LogP contribution < -0.4 is 16.0 Å². The van der Waals surface area contributed by atoms with Crippen molar-refractivity contribution in [3.05, 3.63) is 85.7 Å². The summed E-state index contributed by atoms with van der Waals surface area (Å²) in [7, 11) is 0. The van der Waals surface area contributed by atoms with Gasteiger partial charge in [0.25, 0.3) is 11.2 Å². The van der Waals surface area contributed by atoms with E-state index in [2.05, 4.69) is 0 Å².